The molecule has 92 valence electrons. The standard InChI is InChI=1S/C14H17ClO2/c1-7-6-11-12(8(2)10(7)4-5-15)14(17)9(3)13(11)16/h6,9,13,16H,4-5H2,1-3H3. The van der Waals surface area contributed by atoms with Gasteiger partial charge in [-0.25, -0.2) is 0 Å². The first kappa shape index (κ1) is 12.6. The van der Waals surface area contributed by atoms with Crippen molar-refractivity contribution in [2.45, 2.75) is 33.3 Å². The Balaban J connectivity index is 2.65. The summed E-state index contributed by atoms with van der Waals surface area (Å²) in [7, 11) is 0. The lowest BCUT2D eigenvalue weighted by atomic mass is 9.92. The minimum Gasteiger partial charge on any atom is -0.388 e. The molecule has 0 radical (unpaired) electrons. The Morgan fingerprint density at radius 1 is 1.41 bits per heavy atom. The largest absolute Gasteiger partial charge is 0.388 e. The molecule has 2 unspecified atom stereocenters. The van der Waals surface area contributed by atoms with Crippen molar-refractivity contribution in [3.8, 4) is 0 Å². The van der Waals surface area contributed by atoms with Crippen LogP contribution in [-0.2, 0) is 6.42 Å². The zero-order chi connectivity index (χ0) is 12.7. The summed E-state index contributed by atoms with van der Waals surface area (Å²) in [6.45, 7) is 5.74. The molecule has 0 spiro atoms. The number of rotatable bonds is 2. The first-order chi connectivity index (χ1) is 7.99. The van der Waals surface area contributed by atoms with E-state index in [-0.39, 0.29) is 11.7 Å². The number of aliphatic hydroxyl groups excluding tert-OH is 1. The van der Waals surface area contributed by atoms with Crippen LogP contribution in [0.2, 0.25) is 0 Å². The van der Waals surface area contributed by atoms with Crippen molar-refractivity contribution in [2.75, 3.05) is 5.88 Å². The second-order valence-electron chi connectivity index (χ2n) is 4.80. The van der Waals surface area contributed by atoms with Crippen molar-refractivity contribution in [1.82, 2.24) is 0 Å². The van der Waals surface area contributed by atoms with E-state index in [1.165, 1.54) is 0 Å². The molecule has 1 aromatic carbocycles. The number of aryl methyl sites for hydroxylation is 1. The maximum Gasteiger partial charge on any atom is 0.169 e. The van der Waals surface area contributed by atoms with Gasteiger partial charge in [0, 0.05) is 17.4 Å². The van der Waals surface area contributed by atoms with Gasteiger partial charge in [0.1, 0.15) is 0 Å². The Morgan fingerprint density at radius 3 is 2.65 bits per heavy atom. The number of Topliss-reactive ketones (excluding diaryl/α,β-unsaturated/α-hetero) is 1. The van der Waals surface area contributed by atoms with Crippen molar-refractivity contribution >= 4 is 17.4 Å². The summed E-state index contributed by atoms with van der Waals surface area (Å²) in [5.41, 5.74) is 4.76. The van der Waals surface area contributed by atoms with Crippen LogP contribution in [0.1, 0.15) is 45.6 Å². The number of halogens is 1. The van der Waals surface area contributed by atoms with Crippen LogP contribution in [0, 0.1) is 19.8 Å². The average Bonchev–Trinajstić information content (AvgIpc) is 2.50. The Morgan fingerprint density at radius 2 is 2.06 bits per heavy atom. The Labute approximate surface area is 107 Å². The van der Waals surface area contributed by atoms with Gasteiger partial charge in [-0.15, -0.1) is 11.6 Å². The predicted octanol–water partition coefficient (Wildman–Crippen LogP) is 2.95. The third kappa shape index (κ3) is 1.80. The van der Waals surface area contributed by atoms with Gasteiger partial charge >= 0.3 is 0 Å². The van der Waals surface area contributed by atoms with Crippen LogP contribution < -0.4 is 0 Å². The van der Waals surface area contributed by atoms with Gasteiger partial charge in [-0.2, -0.15) is 0 Å². The van der Waals surface area contributed by atoms with Crippen LogP contribution in [0.3, 0.4) is 0 Å². The lowest BCUT2D eigenvalue weighted by molar-refractivity contribution is 0.0790. The molecule has 0 heterocycles. The van der Waals surface area contributed by atoms with Crippen molar-refractivity contribution < 1.29 is 9.90 Å². The highest BCUT2D eigenvalue weighted by Gasteiger charge is 2.37. The monoisotopic (exact) mass is 252 g/mol. The van der Waals surface area contributed by atoms with Gasteiger partial charge in [0.2, 0.25) is 0 Å². The van der Waals surface area contributed by atoms with Crippen molar-refractivity contribution in [2.24, 2.45) is 5.92 Å². The molecule has 3 heteroatoms. The molecule has 1 aliphatic rings. The first-order valence-corrected chi connectivity index (χ1v) is 6.43. The summed E-state index contributed by atoms with van der Waals surface area (Å²) in [6.07, 6.45) is 0.115. The quantitative estimate of drug-likeness (QED) is 0.822. The number of aliphatic hydroxyl groups is 1. The number of alkyl halides is 1. The fourth-order valence-electron chi connectivity index (χ4n) is 2.74. The Bertz CT molecular complexity index is 480. The first-order valence-electron chi connectivity index (χ1n) is 5.90. The summed E-state index contributed by atoms with van der Waals surface area (Å²) >= 11 is 5.79. The molecule has 0 bridgehead atoms. The van der Waals surface area contributed by atoms with Crippen LogP contribution in [0.5, 0.6) is 0 Å². The van der Waals surface area contributed by atoms with E-state index in [2.05, 4.69) is 0 Å². The molecule has 1 aliphatic carbocycles. The van der Waals surface area contributed by atoms with E-state index < -0.39 is 6.10 Å². The minimum absolute atomic E-state index is 0.0563. The van der Waals surface area contributed by atoms with Crippen molar-refractivity contribution in [1.29, 1.82) is 0 Å². The molecule has 0 aromatic heterocycles. The highest BCUT2D eigenvalue weighted by Crippen LogP contribution is 2.39. The number of benzene rings is 1. The van der Waals surface area contributed by atoms with Gasteiger partial charge in [-0.3, -0.25) is 4.79 Å². The molecule has 17 heavy (non-hydrogen) atoms. The summed E-state index contributed by atoms with van der Waals surface area (Å²) in [5.74, 6) is 0.280. The maximum atomic E-state index is 12.1. The number of fused-ring (bicyclic) bond motifs is 1. The van der Waals surface area contributed by atoms with Gasteiger partial charge in [0.25, 0.3) is 0 Å². The van der Waals surface area contributed by atoms with Crippen LogP contribution >= 0.6 is 11.6 Å². The number of carbonyl (C=O) groups is 1. The fourth-order valence-corrected chi connectivity index (χ4v) is 2.92. The summed E-state index contributed by atoms with van der Waals surface area (Å²) in [5, 5.41) is 10.0. The third-order valence-electron chi connectivity index (χ3n) is 3.76. The smallest absolute Gasteiger partial charge is 0.169 e. The normalized spacial score (nSPS) is 23.0. The molecule has 2 atom stereocenters. The SMILES string of the molecule is Cc1cc2c(c(C)c1CCCl)C(=O)C(C)C2O. The average molecular weight is 253 g/mol. The zero-order valence-electron chi connectivity index (χ0n) is 10.4. The molecule has 0 aliphatic heterocycles. The van der Waals surface area contributed by atoms with E-state index >= 15 is 0 Å². The number of hydrogen-bond acceptors (Lipinski definition) is 2. The molecule has 0 amide bonds. The Kier molecular flexibility index (Phi) is 3.28. The van der Waals surface area contributed by atoms with Gasteiger partial charge in [-0.1, -0.05) is 13.0 Å². The number of carbonyl (C=O) groups excluding carboxylic acids is 1. The molecule has 1 N–H and O–H groups in total. The highest BCUT2D eigenvalue weighted by molar-refractivity contribution is 6.18. The topological polar surface area (TPSA) is 37.3 Å². The third-order valence-corrected chi connectivity index (χ3v) is 3.95. The van der Waals surface area contributed by atoms with E-state index in [0.29, 0.717) is 5.88 Å². The lowest BCUT2D eigenvalue weighted by Gasteiger charge is -2.14. The summed E-state index contributed by atoms with van der Waals surface area (Å²) < 4.78 is 0. The van der Waals surface area contributed by atoms with Crippen LogP contribution in [0.25, 0.3) is 0 Å². The molecular weight excluding hydrogens is 236 g/mol. The van der Waals surface area contributed by atoms with E-state index in [1.54, 1.807) is 6.92 Å². The van der Waals surface area contributed by atoms with Crippen LogP contribution in [0.15, 0.2) is 6.07 Å². The lowest BCUT2D eigenvalue weighted by Crippen LogP contribution is -2.09. The van der Waals surface area contributed by atoms with E-state index in [9.17, 15) is 9.90 Å². The molecular formula is C14H17ClO2. The predicted molar refractivity (Wildman–Crippen MR) is 68.8 cm³/mol. The van der Waals surface area contributed by atoms with Gasteiger partial charge < -0.3 is 5.11 Å². The molecule has 2 nitrogen and oxygen atoms in total. The molecule has 0 fully saturated rings. The fraction of sp³-hybridized carbons (Fsp3) is 0.500. The van der Waals surface area contributed by atoms with Gasteiger partial charge in [0.15, 0.2) is 5.78 Å². The number of hydrogen-bond donors (Lipinski definition) is 1. The Hall–Kier alpha value is -0.860. The summed E-state index contributed by atoms with van der Waals surface area (Å²) in [4.78, 5) is 12.1. The second-order valence-corrected chi connectivity index (χ2v) is 5.18. The minimum atomic E-state index is -0.653. The highest BCUT2D eigenvalue weighted by atomic mass is 35.5. The van der Waals surface area contributed by atoms with Crippen molar-refractivity contribution in [3.05, 3.63) is 33.9 Å². The van der Waals surface area contributed by atoms with Gasteiger partial charge in [0.05, 0.1) is 6.10 Å². The molecule has 0 saturated carbocycles. The maximum absolute atomic E-state index is 12.1. The second kappa shape index (κ2) is 4.43. The molecule has 2 rings (SSSR count). The van der Waals surface area contributed by atoms with E-state index in [0.717, 1.165) is 34.2 Å². The molecule has 0 saturated heterocycles. The molecule has 1 aromatic rings. The van der Waals surface area contributed by atoms with E-state index in [4.69, 9.17) is 11.6 Å². The van der Waals surface area contributed by atoms with Crippen molar-refractivity contribution in [3.63, 3.8) is 0 Å². The number of ketones is 1. The van der Waals surface area contributed by atoms with E-state index in [1.807, 2.05) is 19.9 Å². The van der Waals surface area contributed by atoms with Crippen LogP contribution in [0.4, 0.5) is 0 Å². The summed E-state index contributed by atoms with van der Waals surface area (Å²) in [6, 6.07) is 1.94. The zero-order valence-corrected chi connectivity index (χ0v) is 11.1. The van der Waals surface area contributed by atoms with Crippen LogP contribution in [-0.4, -0.2) is 16.8 Å². The van der Waals surface area contributed by atoms with Gasteiger partial charge in [-0.05, 0) is 42.5 Å².